The van der Waals surface area contributed by atoms with Crippen LogP contribution in [-0.4, -0.2) is 22.1 Å². The van der Waals surface area contributed by atoms with Crippen molar-refractivity contribution in [3.8, 4) is 22.6 Å². The molecule has 0 aliphatic carbocycles. The van der Waals surface area contributed by atoms with Crippen molar-refractivity contribution in [3.05, 3.63) is 94.8 Å². The van der Waals surface area contributed by atoms with Crippen LogP contribution < -0.4 is 0 Å². The van der Waals surface area contributed by atoms with Crippen molar-refractivity contribution in [2.45, 2.75) is 13.1 Å². The van der Waals surface area contributed by atoms with Gasteiger partial charge in [0.05, 0.1) is 6.54 Å². The Morgan fingerprint density at radius 1 is 0.786 bits per heavy atom. The summed E-state index contributed by atoms with van der Waals surface area (Å²) in [4.78, 5) is 2.18. The average molecular weight is 434 g/mol. The molecule has 0 saturated heterocycles. The second kappa shape index (κ2) is 8.50. The van der Waals surface area contributed by atoms with Gasteiger partial charge in [0.1, 0.15) is 0 Å². The highest BCUT2D eigenvalue weighted by molar-refractivity contribution is 9.10. The Kier molecular flexibility index (Phi) is 5.65. The predicted molar refractivity (Wildman–Crippen MR) is 114 cm³/mol. The number of halogens is 1. The molecule has 1 heterocycles. The van der Waals surface area contributed by atoms with Crippen LogP contribution in [0.5, 0.6) is 0 Å². The first kappa shape index (κ1) is 18.6. The number of aromatic nitrogens is 2. The molecule has 0 aliphatic rings. The Morgan fingerprint density at radius 2 is 1.50 bits per heavy atom. The minimum Gasteiger partial charge on any atom is -0.419 e. The summed E-state index contributed by atoms with van der Waals surface area (Å²) in [6.45, 7) is 1.38. The molecule has 0 unspecified atom stereocenters. The molecule has 28 heavy (non-hydrogen) atoms. The Morgan fingerprint density at radius 3 is 2.29 bits per heavy atom. The maximum Gasteiger partial charge on any atom is 0.247 e. The van der Waals surface area contributed by atoms with E-state index in [4.69, 9.17) is 4.42 Å². The fraction of sp³-hybridized carbons (Fsp3) is 0.130. The molecule has 4 aromatic rings. The maximum absolute atomic E-state index is 5.85. The zero-order chi connectivity index (χ0) is 19.3. The van der Waals surface area contributed by atoms with E-state index in [1.54, 1.807) is 0 Å². The molecular formula is C23H20BrN3O. The SMILES string of the molecule is CN(Cc1nnc(-c2ccc(Br)cc2)o1)Cc1ccccc1-c1ccccc1. The van der Waals surface area contributed by atoms with Gasteiger partial charge in [-0.15, -0.1) is 10.2 Å². The molecule has 4 rings (SSSR count). The van der Waals surface area contributed by atoms with Crippen LogP contribution in [0.2, 0.25) is 0 Å². The van der Waals surface area contributed by atoms with Crippen LogP contribution in [0.25, 0.3) is 22.6 Å². The Labute approximate surface area is 173 Å². The second-order valence-corrected chi connectivity index (χ2v) is 7.62. The third-order valence-electron chi connectivity index (χ3n) is 4.51. The van der Waals surface area contributed by atoms with E-state index < -0.39 is 0 Å². The summed E-state index contributed by atoms with van der Waals surface area (Å²) in [7, 11) is 2.06. The third kappa shape index (κ3) is 4.38. The minimum absolute atomic E-state index is 0.542. The smallest absolute Gasteiger partial charge is 0.247 e. The molecule has 0 aliphatic heterocycles. The van der Waals surface area contributed by atoms with Crippen molar-refractivity contribution in [1.29, 1.82) is 0 Å². The van der Waals surface area contributed by atoms with Crippen LogP contribution in [0.3, 0.4) is 0 Å². The van der Waals surface area contributed by atoms with Crippen molar-refractivity contribution in [1.82, 2.24) is 15.1 Å². The Bertz CT molecular complexity index is 1040. The van der Waals surface area contributed by atoms with Gasteiger partial charge in [-0.1, -0.05) is 70.5 Å². The van der Waals surface area contributed by atoms with Gasteiger partial charge in [-0.05, 0) is 48.0 Å². The summed E-state index contributed by atoms with van der Waals surface area (Å²) in [6, 6.07) is 26.8. The Hall–Kier alpha value is -2.76. The summed E-state index contributed by atoms with van der Waals surface area (Å²) in [6.07, 6.45) is 0. The lowest BCUT2D eigenvalue weighted by Gasteiger charge is -2.17. The first-order valence-corrected chi connectivity index (χ1v) is 9.88. The van der Waals surface area contributed by atoms with Gasteiger partial charge >= 0.3 is 0 Å². The van der Waals surface area contributed by atoms with Gasteiger partial charge in [0.15, 0.2) is 0 Å². The quantitative estimate of drug-likeness (QED) is 0.385. The summed E-state index contributed by atoms with van der Waals surface area (Å²) >= 11 is 3.44. The lowest BCUT2D eigenvalue weighted by molar-refractivity contribution is 0.283. The minimum atomic E-state index is 0.542. The molecule has 0 spiro atoms. The van der Waals surface area contributed by atoms with E-state index in [1.165, 1.54) is 16.7 Å². The van der Waals surface area contributed by atoms with Gasteiger partial charge in [0, 0.05) is 16.6 Å². The van der Waals surface area contributed by atoms with Crippen LogP contribution in [-0.2, 0) is 13.1 Å². The van der Waals surface area contributed by atoms with E-state index in [0.717, 1.165) is 16.6 Å². The van der Waals surface area contributed by atoms with E-state index in [9.17, 15) is 0 Å². The summed E-state index contributed by atoms with van der Waals surface area (Å²) in [5, 5.41) is 8.39. The Balaban J connectivity index is 1.47. The largest absolute Gasteiger partial charge is 0.419 e. The number of hydrogen-bond acceptors (Lipinski definition) is 4. The second-order valence-electron chi connectivity index (χ2n) is 6.70. The summed E-state index contributed by atoms with van der Waals surface area (Å²) in [5.41, 5.74) is 4.65. The monoisotopic (exact) mass is 433 g/mol. The van der Waals surface area contributed by atoms with Gasteiger partial charge in [-0.3, -0.25) is 4.90 Å². The van der Waals surface area contributed by atoms with Crippen LogP contribution in [0.15, 0.2) is 87.8 Å². The highest BCUT2D eigenvalue weighted by Gasteiger charge is 2.12. The van der Waals surface area contributed by atoms with Gasteiger partial charge < -0.3 is 4.42 Å². The molecule has 0 fully saturated rings. The topological polar surface area (TPSA) is 42.2 Å². The highest BCUT2D eigenvalue weighted by atomic mass is 79.9. The first-order chi connectivity index (χ1) is 13.7. The standard InChI is InChI=1S/C23H20BrN3O/c1-27(15-19-9-5-6-10-21(19)17-7-3-2-4-8-17)16-22-25-26-23(28-22)18-11-13-20(24)14-12-18/h2-14H,15-16H2,1H3. The van der Waals surface area contributed by atoms with Crippen LogP contribution in [0.4, 0.5) is 0 Å². The molecule has 3 aromatic carbocycles. The molecular weight excluding hydrogens is 414 g/mol. The van der Waals surface area contributed by atoms with Crippen LogP contribution in [0.1, 0.15) is 11.5 Å². The number of nitrogens with zero attached hydrogens (tertiary/aromatic N) is 3. The molecule has 0 saturated carbocycles. The van der Waals surface area contributed by atoms with Gasteiger partial charge in [-0.25, -0.2) is 0 Å². The molecule has 0 atom stereocenters. The van der Waals surface area contributed by atoms with Crippen molar-refractivity contribution in [3.63, 3.8) is 0 Å². The molecule has 5 heteroatoms. The molecule has 0 bridgehead atoms. The lowest BCUT2D eigenvalue weighted by atomic mass is 9.99. The van der Waals surface area contributed by atoms with E-state index in [0.29, 0.717) is 18.3 Å². The molecule has 140 valence electrons. The predicted octanol–water partition coefficient (Wildman–Crippen LogP) is 5.80. The number of hydrogen-bond donors (Lipinski definition) is 0. The fourth-order valence-electron chi connectivity index (χ4n) is 3.16. The molecule has 0 radical (unpaired) electrons. The molecule has 4 nitrogen and oxygen atoms in total. The van der Waals surface area contributed by atoms with E-state index >= 15 is 0 Å². The van der Waals surface area contributed by atoms with Gasteiger partial charge in [0.25, 0.3) is 0 Å². The van der Waals surface area contributed by atoms with Gasteiger partial charge in [-0.2, -0.15) is 0 Å². The highest BCUT2D eigenvalue weighted by Crippen LogP contribution is 2.25. The number of rotatable bonds is 6. The van der Waals surface area contributed by atoms with Crippen molar-refractivity contribution >= 4 is 15.9 Å². The molecule has 0 amide bonds. The van der Waals surface area contributed by atoms with Crippen molar-refractivity contribution in [2.24, 2.45) is 0 Å². The van der Waals surface area contributed by atoms with Crippen LogP contribution >= 0.6 is 15.9 Å². The summed E-state index contributed by atoms with van der Waals surface area (Å²) in [5.74, 6) is 1.15. The molecule has 0 N–H and O–H groups in total. The fourth-order valence-corrected chi connectivity index (χ4v) is 3.43. The zero-order valence-corrected chi connectivity index (χ0v) is 17.1. The first-order valence-electron chi connectivity index (χ1n) is 9.09. The normalized spacial score (nSPS) is 11.1. The van der Waals surface area contributed by atoms with E-state index in [1.807, 2.05) is 30.3 Å². The zero-order valence-electron chi connectivity index (χ0n) is 15.5. The lowest BCUT2D eigenvalue weighted by Crippen LogP contribution is -2.18. The number of benzene rings is 3. The summed E-state index contributed by atoms with van der Waals surface area (Å²) < 4.78 is 6.87. The van der Waals surface area contributed by atoms with Crippen LogP contribution in [0, 0.1) is 0 Å². The average Bonchev–Trinajstić information content (AvgIpc) is 3.18. The van der Waals surface area contributed by atoms with E-state index in [2.05, 4.69) is 86.6 Å². The van der Waals surface area contributed by atoms with E-state index in [-0.39, 0.29) is 0 Å². The molecule has 1 aromatic heterocycles. The van der Waals surface area contributed by atoms with Crippen molar-refractivity contribution in [2.75, 3.05) is 7.05 Å². The van der Waals surface area contributed by atoms with Gasteiger partial charge in [0.2, 0.25) is 11.8 Å². The van der Waals surface area contributed by atoms with Crippen molar-refractivity contribution < 1.29 is 4.42 Å². The third-order valence-corrected chi connectivity index (χ3v) is 5.03. The maximum atomic E-state index is 5.85.